The number of anilines is 2. The van der Waals surface area contributed by atoms with Gasteiger partial charge in [0, 0.05) is 5.69 Å². The second-order valence-corrected chi connectivity index (χ2v) is 6.21. The summed E-state index contributed by atoms with van der Waals surface area (Å²) in [6.07, 6.45) is 6.70. The SMILES string of the molecule is CCc1ccc(Nc2ncnc3c2cnn3C2CCNCC2)cc1. The Kier molecular flexibility index (Phi) is 4.13. The maximum absolute atomic E-state index is 4.60. The van der Waals surface area contributed by atoms with Gasteiger partial charge < -0.3 is 10.6 Å². The van der Waals surface area contributed by atoms with E-state index >= 15 is 0 Å². The molecule has 0 unspecified atom stereocenters. The molecule has 6 heteroatoms. The van der Waals surface area contributed by atoms with E-state index in [-0.39, 0.29) is 0 Å². The number of benzene rings is 1. The largest absolute Gasteiger partial charge is 0.340 e. The third-order valence-electron chi connectivity index (χ3n) is 4.67. The molecule has 0 amide bonds. The van der Waals surface area contributed by atoms with Crippen LogP contribution >= 0.6 is 0 Å². The number of fused-ring (bicyclic) bond motifs is 1. The molecule has 1 saturated heterocycles. The van der Waals surface area contributed by atoms with Crippen molar-refractivity contribution in [2.24, 2.45) is 0 Å². The number of hydrogen-bond donors (Lipinski definition) is 2. The summed E-state index contributed by atoms with van der Waals surface area (Å²) in [5.41, 5.74) is 3.26. The summed E-state index contributed by atoms with van der Waals surface area (Å²) in [7, 11) is 0. The first-order chi connectivity index (χ1) is 11.8. The normalized spacial score (nSPS) is 15.7. The van der Waals surface area contributed by atoms with Gasteiger partial charge >= 0.3 is 0 Å². The van der Waals surface area contributed by atoms with Crippen LogP contribution in [0.5, 0.6) is 0 Å². The highest BCUT2D eigenvalue weighted by molar-refractivity contribution is 5.88. The van der Waals surface area contributed by atoms with Crippen LogP contribution in [0.4, 0.5) is 11.5 Å². The zero-order valence-corrected chi connectivity index (χ0v) is 13.9. The molecule has 3 aromatic rings. The van der Waals surface area contributed by atoms with Gasteiger partial charge in [-0.25, -0.2) is 14.6 Å². The van der Waals surface area contributed by atoms with Crippen molar-refractivity contribution in [1.29, 1.82) is 0 Å². The van der Waals surface area contributed by atoms with Crippen LogP contribution in [0, 0.1) is 0 Å². The Bertz CT molecular complexity index is 817. The third kappa shape index (κ3) is 2.85. The molecular formula is C18H22N6. The molecule has 6 nitrogen and oxygen atoms in total. The monoisotopic (exact) mass is 322 g/mol. The number of aryl methyl sites for hydroxylation is 1. The van der Waals surface area contributed by atoms with Crippen molar-refractivity contribution in [2.75, 3.05) is 18.4 Å². The van der Waals surface area contributed by atoms with Gasteiger partial charge in [0.05, 0.1) is 17.6 Å². The molecule has 0 spiro atoms. The lowest BCUT2D eigenvalue weighted by Crippen LogP contribution is -2.29. The van der Waals surface area contributed by atoms with Gasteiger partial charge in [0.1, 0.15) is 12.1 Å². The van der Waals surface area contributed by atoms with Crippen LogP contribution in [0.3, 0.4) is 0 Å². The minimum Gasteiger partial charge on any atom is -0.340 e. The van der Waals surface area contributed by atoms with E-state index in [1.54, 1.807) is 6.33 Å². The van der Waals surface area contributed by atoms with Crippen LogP contribution in [0.25, 0.3) is 11.0 Å². The molecule has 24 heavy (non-hydrogen) atoms. The van der Waals surface area contributed by atoms with Crippen LogP contribution in [0.1, 0.15) is 31.4 Å². The molecule has 4 rings (SSSR count). The molecule has 0 radical (unpaired) electrons. The number of piperidine rings is 1. The molecule has 1 fully saturated rings. The van der Waals surface area contributed by atoms with E-state index in [0.717, 1.165) is 54.9 Å². The first-order valence-corrected chi connectivity index (χ1v) is 8.60. The van der Waals surface area contributed by atoms with Crippen molar-refractivity contribution < 1.29 is 0 Å². The maximum Gasteiger partial charge on any atom is 0.163 e. The van der Waals surface area contributed by atoms with Crippen LogP contribution in [0.2, 0.25) is 0 Å². The van der Waals surface area contributed by atoms with Crippen molar-refractivity contribution in [3.63, 3.8) is 0 Å². The van der Waals surface area contributed by atoms with Crippen LogP contribution in [-0.2, 0) is 6.42 Å². The van der Waals surface area contributed by atoms with E-state index in [1.165, 1.54) is 5.56 Å². The van der Waals surface area contributed by atoms with E-state index in [9.17, 15) is 0 Å². The third-order valence-corrected chi connectivity index (χ3v) is 4.67. The van der Waals surface area contributed by atoms with Gasteiger partial charge in [0.15, 0.2) is 5.65 Å². The first kappa shape index (κ1) is 15.1. The highest BCUT2D eigenvalue weighted by Gasteiger charge is 2.19. The highest BCUT2D eigenvalue weighted by atomic mass is 15.3. The van der Waals surface area contributed by atoms with Crippen LogP contribution < -0.4 is 10.6 Å². The minimum absolute atomic E-state index is 0.412. The summed E-state index contributed by atoms with van der Waals surface area (Å²) in [4.78, 5) is 8.89. The van der Waals surface area contributed by atoms with Gasteiger partial charge in [-0.15, -0.1) is 0 Å². The second-order valence-electron chi connectivity index (χ2n) is 6.21. The molecule has 0 aliphatic carbocycles. The Morgan fingerprint density at radius 2 is 1.96 bits per heavy atom. The maximum atomic E-state index is 4.60. The Balaban J connectivity index is 1.64. The van der Waals surface area contributed by atoms with E-state index < -0.39 is 0 Å². The lowest BCUT2D eigenvalue weighted by molar-refractivity contribution is 0.349. The van der Waals surface area contributed by atoms with Gasteiger partial charge in [-0.1, -0.05) is 19.1 Å². The van der Waals surface area contributed by atoms with Crippen molar-refractivity contribution in [3.8, 4) is 0 Å². The molecule has 1 aliphatic heterocycles. The molecule has 0 bridgehead atoms. The highest BCUT2D eigenvalue weighted by Crippen LogP contribution is 2.27. The second kappa shape index (κ2) is 6.57. The Morgan fingerprint density at radius 3 is 2.71 bits per heavy atom. The molecular weight excluding hydrogens is 300 g/mol. The van der Waals surface area contributed by atoms with Gasteiger partial charge in [-0.3, -0.25) is 0 Å². The number of nitrogens with one attached hydrogen (secondary N) is 2. The van der Waals surface area contributed by atoms with E-state index in [2.05, 4.69) is 61.6 Å². The number of aromatic nitrogens is 4. The molecule has 1 aromatic carbocycles. The van der Waals surface area contributed by atoms with E-state index in [0.29, 0.717) is 6.04 Å². The zero-order chi connectivity index (χ0) is 16.4. The topological polar surface area (TPSA) is 67.7 Å². The lowest BCUT2D eigenvalue weighted by Gasteiger charge is -2.23. The van der Waals surface area contributed by atoms with E-state index in [1.807, 2.05) is 6.20 Å². The molecule has 0 atom stereocenters. The van der Waals surface area contributed by atoms with Crippen LogP contribution in [0.15, 0.2) is 36.8 Å². The summed E-state index contributed by atoms with van der Waals surface area (Å²) in [5.74, 6) is 0.810. The average Bonchev–Trinajstić information content (AvgIpc) is 3.08. The van der Waals surface area contributed by atoms with Gasteiger partial charge in [0.25, 0.3) is 0 Å². The molecule has 3 heterocycles. The van der Waals surface area contributed by atoms with E-state index in [4.69, 9.17) is 0 Å². The smallest absolute Gasteiger partial charge is 0.163 e. The fraction of sp³-hybridized carbons (Fsp3) is 0.389. The lowest BCUT2D eigenvalue weighted by atomic mass is 10.1. The fourth-order valence-electron chi connectivity index (χ4n) is 3.24. The zero-order valence-electron chi connectivity index (χ0n) is 13.9. The molecule has 124 valence electrons. The molecule has 2 N–H and O–H groups in total. The van der Waals surface area contributed by atoms with Crippen molar-refractivity contribution in [2.45, 2.75) is 32.2 Å². The van der Waals surface area contributed by atoms with Crippen molar-refractivity contribution >= 4 is 22.5 Å². The van der Waals surface area contributed by atoms with Gasteiger partial charge in [-0.2, -0.15) is 5.10 Å². The van der Waals surface area contributed by atoms with Gasteiger partial charge in [-0.05, 0) is 50.0 Å². The molecule has 0 saturated carbocycles. The Labute approximate surface area is 141 Å². The Hall–Kier alpha value is -2.47. The average molecular weight is 322 g/mol. The molecule has 2 aromatic heterocycles. The predicted molar refractivity (Wildman–Crippen MR) is 95.6 cm³/mol. The summed E-state index contributed by atoms with van der Waals surface area (Å²) < 4.78 is 2.06. The summed E-state index contributed by atoms with van der Waals surface area (Å²) in [6, 6.07) is 8.86. The van der Waals surface area contributed by atoms with Crippen molar-refractivity contribution in [1.82, 2.24) is 25.1 Å². The standard InChI is InChI=1S/C18H22N6/c1-2-13-3-5-14(6-4-13)23-17-16-11-22-24(18(16)21-12-20-17)15-7-9-19-10-8-15/h3-6,11-12,15,19H,2,7-10H2,1H3,(H,20,21,23). The summed E-state index contributed by atoms with van der Waals surface area (Å²) in [5, 5.41) is 12.4. The fourth-order valence-corrected chi connectivity index (χ4v) is 3.24. The minimum atomic E-state index is 0.412. The quantitative estimate of drug-likeness (QED) is 0.773. The number of hydrogen-bond acceptors (Lipinski definition) is 5. The number of nitrogens with zero attached hydrogens (tertiary/aromatic N) is 4. The predicted octanol–water partition coefficient (Wildman–Crippen LogP) is 3.06. The van der Waals surface area contributed by atoms with Crippen LogP contribution in [-0.4, -0.2) is 32.8 Å². The summed E-state index contributed by atoms with van der Waals surface area (Å²) in [6.45, 7) is 4.23. The Morgan fingerprint density at radius 1 is 1.17 bits per heavy atom. The van der Waals surface area contributed by atoms with Gasteiger partial charge in [0.2, 0.25) is 0 Å². The summed E-state index contributed by atoms with van der Waals surface area (Å²) >= 11 is 0. The molecule has 1 aliphatic rings. The number of rotatable bonds is 4. The van der Waals surface area contributed by atoms with Crippen molar-refractivity contribution in [3.05, 3.63) is 42.4 Å². The first-order valence-electron chi connectivity index (χ1n) is 8.60.